The number of aromatic nitrogens is 1. The number of carbonyl (C=O) groups excluding carboxylic acids is 1. The van der Waals surface area contributed by atoms with Gasteiger partial charge in [-0.3, -0.25) is 4.79 Å². The van der Waals surface area contributed by atoms with E-state index >= 15 is 0 Å². The predicted octanol–water partition coefficient (Wildman–Crippen LogP) is 3.13. The van der Waals surface area contributed by atoms with Gasteiger partial charge in [-0.1, -0.05) is 6.07 Å². The van der Waals surface area contributed by atoms with E-state index in [0.717, 1.165) is 16.7 Å². The first-order valence-electron chi connectivity index (χ1n) is 6.05. The number of hydrogen-bond acceptors (Lipinski definition) is 3. The van der Waals surface area contributed by atoms with Crippen LogP contribution in [0.15, 0.2) is 30.3 Å². The molecule has 0 aliphatic heterocycles. The Hall–Kier alpha value is -2.23. The average Bonchev–Trinajstić information content (AvgIpc) is 2.84. The van der Waals surface area contributed by atoms with E-state index in [4.69, 9.17) is 4.74 Å². The molecule has 2 aromatic rings. The maximum atomic E-state index is 13.3. The van der Waals surface area contributed by atoms with E-state index in [2.05, 4.69) is 4.98 Å². The first-order chi connectivity index (χ1) is 9.17. The Kier molecular flexibility index (Phi) is 2.78. The third-order valence-electron chi connectivity index (χ3n) is 3.26. The quantitative estimate of drug-likeness (QED) is 0.829. The number of ketones is 1. The normalized spacial score (nSPS) is 14.8. The van der Waals surface area contributed by atoms with Crippen molar-refractivity contribution < 1.29 is 13.9 Å². The molecule has 0 atom stereocenters. The zero-order chi connectivity index (χ0) is 13.4. The van der Waals surface area contributed by atoms with Gasteiger partial charge in [-0.05, 0) is 41.7 Å². The highest BCUT2D eigenvalue weighted by molar-refractivity contribution is 6.02. The van der Waals surface area contributed by atoms with Crippen molar-refractivity contribution in [1.29, 1.82) is 0 Å². The van der Waals surface area contributed by atoms with Gasteiger partial charge < -0.3 is 4.74 Å². The lowest BCUT2D eigenvalue weighted by molar-refractivity contribution is -0.114. The number of carbonyl (C=O) groups is 1. The molecule has 0 saturated heterocycles. The van der Waals surface area contributed by atoms with E-state index in [-0.39, 0.29) is 11.6 Å². The molecule has 96 valence electrons. The minimum Gasteiger partial charge on any atom is -0.481 e. The maximum absolute atomic E-state index is 13.3. The standard InChI is InChI=1S/C15H12FNO2/c1-19-15-13-8-11(16)4-2-9(13)7-14(17-15)10-3-5-12(18)6-10/h2,4,6-8H,3,5H2,1H3. The van der Waals surface area contributed by atoms with Crippen LogP contribution in [-0.2, 0) is 4.79 Å². The minimum absolute atomic E-state index is 0.120. The Morgan fingerprint density at radius 1 is 1.26 bits per heavy atom. The summed E-state index contributed by atoms with van der Waals surface area (Å²) in [6.07, 6.45) is 2.85. The van der Waals surface area contributed by atoms with Crippen LogP contribution in [0, 0.1) is 5.82 Å². The molecule has 19 heavy (non-hydrogen) atoms. The van der Waals surface area contributed by atoms with Crippen LogP contribution >= 0.6 is 0 Å². The molecule has 1 aliphatic rings. The molecule has 0 radical (unpaired) electrons. The monoisotopic (exact) mass is 257 g/mol. The van der Waals surface area contributed by atoms with Gasteiger partial charge >= 0.3 is 0 Å². The first kappa shape index (κ1) is 11.8. The summed E-state index contributed by atoms with van der Waals surface area (Å²) >= 11 is 0. The highest BCUT2D eigenvalue weighted by Crippen LogP contribution is 2.31. The molecule has 0 amide bonds. The summed E-state index contributed by atoms with van der Waals surface area (Å²) in [5, 5.41) is 1.49. The second-order valence-corrected chi connectivity index (χ2v) is 4.52. The number of hydrogen-bond donors (Lipinski definition) is 0. The Morgan fingerprint density at radius 3 is 2.79 bits per heavy atom. The maximum Gasteiger partial charge on any atom is 0.221 e. The molecule has 0 spiro atoms. The second-order valence-electron chi connectivity index (χ2n) is 4.52. The Balaban J connectivity index is 2.20. The second kappa shape index (κ2) is 4.46. The summed E-state index contributed by atoms with van der Waals surface area (Å²) in [5.74, 6) is 0.179. The fourth-order valence-electron chi connectivity index (χ4n) is 2.31. The Bertz CT molecular complexity index is 707. The minimum atomic E-state index is -0.324. The molecular formula is C15H12FNO2. The van der Waals surface area contributed by atoms with E-state index in [0.29, 0.717) is 24.1 Å². The zero-order valence-corrected chi connectivity index (χ0v) is 10.4. The number of pyridine rings is 1. The summed E-state index contributed by atoms with van der Waals surface area (Å²) < 4.78 is 18.5. The Morgan fingerprint density at radius 2 is 2.11 bits per heavy atom. The SMILES string of the molecule is COc1nc(C2=CC(=O)CC2)cc2ccc(F)cc12. The van der Waals surface area contributed by atoms with Gasteiger partial charge in [0.05, 0.1) is 12.8 Å². The first-order valence-corrected chi connectivity index (χ1v) is 6.05. The molecule has 1 aromatic carbocycles. The lowest BCUT2D eigenvalue weighted by Crippen LogP contribution is -1.95. The molecule has 1 aromatic heterocycles. The molecule has 3 nitrogen and oxygen atoms in total. The van der Waals surface area contributed by atoms with Gasteiger partial charge in [0.25, 0.3) is 0 Å². The van der Waals surface area contributed by atoms with Crippen molar-refractivity contribution in [2.24, 2.45) is 0 Å². The number of methoxy groups -OCH3 is 1. The van der Waals surface area contributed by atoms with Crippen molar-refractivity contribution in [2.45, 2.75) is 12.8 Å². The molecular weight excluding hydrogens is 245 g/mol. The van der Waals surface area contributed by atoms with Crippen LogP contribution in [0.2, 0.25) is 0 Å². The highest BCUT2D eigenvalue weighted by atomic mass is 19.1. The van der Waals surface area contributed by atoms with Crippen LogP contribution in [0.4, 0.5) is 4.39 Å². The van der Waals surface area contributed by atoms with Crippen LogP contribution in [0.25, 0.3) is 16.3 Å². The van der Waals surface area contributed by atoms with Crippen LogP contribution < -0.4 is 4.74 Å². The van der Waals surface area contributed by atoms with Gasteiger partial charge in [0.15, 0.2) is 5.78 Å². The van der Waals surface area contributed by atoms with Gasteiger partial charge in [0, 0.05) is 11.8 Å². The van der Waals surface area contributed by atoms with E-state index in [1.165, 1.54) is 19.2 Å². The summed E-state index contributed by atoms with van der Waals surface area (Å²) in [4.78, 5) is 15.7. The van der Waals surface area contributed by atoms with E-state index in [9.17, 15) is 9.18 Å². The fraction of sp³-hybridized carbons (Fsp3) is 0.200. The topological polar surface area (TPSA) is 39.2 Å². The molecule has 1 heterocycles. The van der Waals surface area contributed by atoms with Gasteiger partial charge in [-0.2, -0.15) is 0 Å². The molecule has 0 unspecified atom stereocenters. The van der Waals surface area contributed by atoms with Crippen LogP contribution in [-0.4, -0.2) is 17.9 Å². The van der Waals surface area contributed by atoms with Gasteiger partial charge in [-0.15, -0.1) is 0 Å². The van der Waals surface area contributed by atoms with E-state index in [1.807, 2.05) is 6.07 Å². The van der Waals surface area contributed by atoms with Crippen molar-refractivity contribution in [1.82, 2.24) is 4.98 Å². The largest absolute Gasteiger partial charge is 0.481 e. The molecule has 1 aliphatic carbocycles. The predicted molar refractivity (Wildman–Crippen MR) is 70.5 cm³/mol. The molecule has 0 saturated carbocycles. The van der Waals surface area contributed by atoms with Crippen molar-refractivity contribution in [2.75, 3.05) is 7.11 Å². The number of benzene rings is 1. The number of nitrogens with zero attached hydrogens (tertiary/aromatic N) is 1. The number of ether oxygens (including phenoxy) is 1. The number of halogens is 1. The highest BCUT2D eigenvalue weighted by Gasteiger charge is 2.17. The molecule has 0 N–H and O–H groups in total. The lowest BCUT2D eigenvalue weighted by Gasteiger charge is -2.08. The Labute approximate surface area is 109 Å². The molecule has 0 fully saturated rings. The third-order valence-corrected chi connectivity index (χ3v) is 3.26. The summed E-state index contributed by atoms with van der Waals surface area (Å²) in [7, 11) is 1.50. The fourth-order valence-corrected chi connectivity index (χ4v) is 2.31. The lowest BCUT2D eigenvalue weighted by atomic mass is 10.1. The third kappa shape index (κ3) is 2.10. The van der Waals surface area contributed by atoms with Crippen molar-refractivity contribution >= 4 is 22.1 Å². The van der Waals surface area contributed by atoms with E-state index in [1.54, 1.807) is 12.1 Å². The number of fused-ring (bicyclic) bond motifs is 1. The van der Waals surface area contributed by atoms with Crippen molar-refractivity contribution in [3.8, 4) is 5.88 Å². The van der Waals surface area contributed by atoms with Gasteiger partial charge in [0.2, 0.25) is 5.88 Å². The molecule has 0 bridgehead atoms. The zero-order valence-electron chi connectivity index (χ0n) is 10.4. The van der Waals surface area contributed by atoms with Gasteiger partial charge in [-0.25, -0.2) is 9.37 Å². The van der Waals surface area contributed by atoms with Gasteiger partial charge in [0.1, 0.15) is 5.82 Å². The summed E-state index contributed by atoms with van der Waals surface area (Å²) in [6.45, 7) is 0. The molecule has 4 heteroatoms. The van der Waals surface area contributed by atoms with Crippen molar-refractivity contribution in [3.05, 3.63) is 41.9 Å². The van der Waals surface area contributed by atoms with Crippen LogP contribution in [0.1, 0.15) is 18.5 Å². The smallest absolute Gasteiger partial charge is 0.221 e. The van der Waals surface area contributed by atoms with Crippen LogP contribution in [0.5, 0.6) is 5.88 Å². The number of rotatable bonds is 2. The van der Waals surface area contributed by atoms with E-state index < -0.39 is 0 Å². The summed E-state index contributed by atoms with van der Waals surface area (Å²) in [5.41, 5.74) is 1.64. The van der Waals surface area contributed by atoms with Crippen molar-refractivity contribution in [3.63, 3.8) is 0 Å². The molecule has 3 rings (SSSR count). The number of allylic oxidation sites excluding steroid dienone is 2. The van der Waals surface area contributed by atoms with Crippen LogP contribution in [0.3, 0.4) is 0 Å². The average molecular weight is 257 g/mol. The summed E-state index contributed by atoms with van der Waals surface area (Å²) in [6, 6.07) is 6.36.